The summed E-state index contributed by atoms with van der Waals surface area (Å²) in [4.78, 5) is 6.48. The van der Waals surface area contributed by atoms with Crippen molar-refractivity contribution in [3.8, 4) is 5.75 Å². The van der Waals surface area contributed by atoms with Gasteiger partial charge in [-0.25, -0.2) is 0 Å². The van der Waals surface area contributed by atoms with Gasteiger partial charge in [0, 0.05) is 39.8 Å². The standard InChI is InChI=1S/C17H25F3N4O2.HI/c1-21-16(22-6-7-24-8-10-25-11-9-24)23-12-14-2-4-15(5-3-14)26-13-17(18,19)20;/h2-5H,6-13H2,1H3,(H2,21,22,23);1H. The summed E-state index contributed by atoms with van der Waals surface area (Å²) in [5.74, 6) is 0.870. The van der Waals surface area contributed by atoms with Gasteiger partial charge in [-0.1, -0.05) is 12.1 Å². The Bertz CT molecular complexity index is 564. The number of ether oxygens (including phenoxy) is 2. The van der Waals surface area contributed by atoms with E-state index in [1.807, 2.05) is 0 Å². The van der Waals surface area contributed by atoms with E-state index in [-0.39, 0.29) is 29.7 Å². The lowest BCUT2D eigenvalue weighted by atomic mass is 10.2. The first kappa shape index (κ1) is 23.8. The fourth-order valence-corrected chi connectivity index (χ4v) is 2.43. The number of alkyl halides is 3. The summed E-state index contributed by atoms with van der Waals surface area (Å²) in [7, 11) is 1.69. The van der Waals surface area contributed by atoms with Gasteiger partial charge in [-0.15, -0.1) is 24.0 Å². The molecule has 0 amide bonds. The van der Waals surface area contributed by atoms with Crippen LogP contribution >= 0.6 is 24.0 Å². The van der Waals surface area contributed by atoms with Crippen LogP contribution < -0.4 is 15.4 Å². The Morgan fingerprint density at radius 2 is 1.85 bits per heavy atom. The molecule has 0 saturated carbocycles. The van der Waals surface area contributed by atoms with Crippen LogP contribution in [0.15, 0.2) is 29.3 Å². The highest BCUT2D eigenvalue weighted by atomic mass is 127. The minimum Gasteiger partial charge on any atom is -0.484 e. The Hall–Kier alpha value is -1.27. The number of nitrogens with zero attached hydrogens (tertiary/aromatic N) is 2. The number of guanidine groups is 1. The van der Waals surface area contributed by atoms with E-state index in [1.165, 1.54) is 12.1 Å². The summed E-state index contributed by atoms with van der Waals surface area (Å²) >= 11 is 0. The van der Waals surface area contributed by atoms with Gasteiger partial charge in [0.1, 0.15) is 5.75 Å². The Kier molecular flexibility index (Phi) is 10.8. The molecule has 1 aromatic carbocycles. The molecule has 27 heavy (non-hydrogen) atoms. The molecule has 0 radical (unpaired) electrons. The van der Waals surface area contributed by atoms with Crippen molar-refractivity contribution in [2.75, 3.05) is 53.0 Å². The number of halogens is 4. The topological polar surface area (TPSA) is 58.1 Å². The third kappa shape index (κ3) is 10.0. The van der Waals surface area contributed by atoms with E-state index in [0.29, 0.717) is 12.5 Å². The Morgan fingerprint density at radius 1 is 1.19 bits per heavy atom. The fraction of sp³-hybridized carbons (Fsp3) is 0.588. The monoisotopic (exact) mass is 502 g/mol. The highest BCUT2D eigenvalue weighted by Crippen LogP contribution is 2.18. The molecule has 1 aromatic rings. The van der Waals surface area contributed by atoms with Gasteiger partial charge in [-0.05, 0) is 17.7 Å². The van der Waals surface area contributed by atoms with Crippen LogP contribution in [0.3, 0.4) is 0 Å². The maximum Gasteiger partial charge on any atom is 0.422 e. The lowest BCUT2D eigenvalue weighted by Crippen LogP contribution is -2.44. The van der Waals surface area contributed by atoms with Crippen molar-refractivity contribution >= 4 is 29.9 Å². The highest BCUT2D eigenvalue weighted by Gasteiger charge is 2.28. The first-order chi connectivity index (χ1) is 12.5. The number of aliphatic imine (C=N–C) groups is 1. The van der Waals surface area contributed by atoms with Gasteiger partial charge < -0.3 is 20.1 Å². The molecule has 0 aliphatic carbocycles. The molecule has 154 valence electrons. The largest absolute Gasteiger partial charge is 0.484 e. The van der Waals surface area contributed by atoms with Gasteiger partial charge in [-0.2, -0.15) is 13.2 Å². The molecule has 1 heterocycles. The van der Waals surface area contributed by atoms with Crippen LogP contribution in [0.25, 0.3) is 0 Å². The van der Waals surface area contributed by atoms with Crippen molar-refractivity contribution in [1.82, 2.24) is 15.5 Å². The number of morpholine rings is 1. The lowest BCUT2D eigenvalue weighted by Gasteiger charge is -2.26. The zero-order valence-corrected chi connectivity index (χ0v) is 17.5. The zero-order valence-electron chi connectivity index (χ0n) is 15.2. The van der Waals surface area contributed by atoms with Crippen LogP contribution in [0.2, 0.25) is 0 Å². The zero-order chi connectivity index (χ0) is 18.8. The summed E-state index contributed by atoms with van der Waals surface area (Å²) in [5.41, 5.74) is 0.917. The van der Waals surface area contributed by atoms with Gasteiger partial charge in [0.15, 0.2) is 12.6 Å². The summed E-state index contributed by atoms with van der Waals surface area (Å²) in [6.07, 6.45) is -4.33. The summed E-state index contributed by atoms with van der Waals surface area (Å²) in [5, 5.41) is 6.42. The first-order valence-corrected chi connectivity index (χ1v) is 8.49. The molecule has 2 rings (SSSR count). The predicted octanol–water partition coefficient (Wildman–Crippen LogP) is 2.24. The van der Waals surface area contributed by atoms with E-state index in [4.69, 9.17) is 4.74 Å². The number of benzene rings is 1. The molecule has 0 spiro atoms. The molecule has 1 aliphatic rings. The molecule has 1 fully saturated rings. The second kappa shape index (κ2) is 12.2. The van der Waals surface area contributed by atoms with Crippen molar-refractivity contribution in [1.29, 1.82) is 0 Å². The van der Waals surface area contributed by atoms with Gasteiger partial charge in [-0.3, -0.25) is 9.89 Å². The van der Waals surface area contributed by atoms with E-state index in [9.17, 15) is 13.2 Å². The smallest absolute Gasteiger partial charge is 0.422 e. The summed E-state index contributed by atoms with van der Waals surface area (Å²) in [6.45, 7) is 4.33. The Labute approximate surface area is 174 Å². The molecule has 10 heteroatoms. The van der Waals surface area contributed by atoms with Crippen molar-refractivity contribution in [2.24, 2.45) is 4.99 Å². The Balaban J connectivity index is 0.00000364. The maximum atomic E-state index is 12.1. The summed E-state index contributed by atoms with van der Waals surface area (Å²) < 4.78 is 46.4. The third-order valence-electron chi connectivity index (χ3n) is 3.83. The second-order valence-electron chi connectivity index (χ2n) is 5.85. The molecule has 1 aliphatic heterocycles. The van der Waals surface area contributed by atoms with Crippen molar-refractivity contribution in [3.63, 3.8) is 0 Å². The van der Waals surface area contributed by atoms with E-state index in [1.54, 1.807) is 19.2 Å². The van der Waals surface area contributed by atoms with Gasteiger partial charge >= 0.3 is 6.18 Å². The quantitative estimate of drug-likeness (QED) is 0.341. The maximum absolute atomic E-state index is 12.1. The van der Waals surface area contributed by atoms with Gasteiger partial charge in [0.25, 0.3) is 0 Å². The van der Waals surface area contributed by atoms with Crippen LogP contribution in [0.5, 0.6) is 5.75 Å². The average molecular weight is 502 g/mol. The highest BCUT2D eigenvalue weighted by molar-refractivity contribution is 14.0. The molecule has 0 aromatic heterocycles. The number of nitrogens with one attached hydrogen (secondary N) is 2. The van der Waals surface area contributed by atoms with E-state index in [2.05, 4.69) is 25.3 Å². The number of rotatable bonds is 7. The van der Waals surface area contributed by atoms with Crippen LogP contribution in [0.1, 0.15) is 5.56 Å². The van der Waals surface area contributed by atoms with Gasteiger partial charge in [0.2, 0.25) is 0 Å². The molecular formula is C17H26F3IN4O2. The Morgan fingerprint density at radius 3 is 2.44 bits per heavy atom. The molecule has 0 atom stereocenters. The van der Waals surface area contributed by atoms with Crippen molar-refractivity contribution in [3.05, 3.63) is 29.8 Å². The molecule has 0 unspecified atom stereocenters. The normalized spacial score (nSPS) is 15.8. The SMILES string of the molecule is CN=C(NCCN1CCOCC1)NCc1ccc(OCC(F)(F)F)cc1.I. The average Bonchev–Trinajstić information content (AvgIpc) is 2.64. The van der Waals surface area contributed by atoms with Crippen molar-refractivity contribution < 1.29 is 22.6 Å². The minimum atomic E-state index is -4.33. The number of hydrogen-bond donors (Lipinski definition) is 2. The van der Waals surface area contributed by atoms with Crippen LogP contribution in [-0.2, 0) is 11.3 Å². The lowest BCUT2D eigenvalue weighted by molar-refractivity contribution is -0.153. The first-order valence-electron chi connectivity index (χ1n) is 8.49. The second-order valence-corrected chi connectivity index (χ2v) is 5.85. The fourth-order valence-electron chi connectivity index (χ4n) is 2.43. The van der Waals surface area contributed by atoms with Crippen LogP contribution in [0.4, 0.5) is 13.2 Å². The van der Waals surface area contributed by atoms with E-state index in [0.717, 1.165) is 45.0 Å². The molecule has 2 N–H and O–H groups in total. The molecule has 0 bridgehead atoms. The molecule has 1 saturated heterocycles. The summed E-state index contributed by atoms with van der Waals surface area (Å²) in [6, 6.07) is 6.49. The predicted molar refractivity (Wildman–Crippen MR) is 109 cm³/mol. The van der Waals surface area contributed by atoms with Crippen LogP contribution in [0, 0.1) is 0 Å². The van der Waals surface area contributed by atoms with E-state index >= 15 is 0 Å². The third-order valence-corrected chi connectivity index (χ3v) is 3.83. The molecule has 6 nitrogen and oxygen atoms in total. The van der Waals surface area contributed by atoms with E-state index < -0.39 is 12.8 Å². The molecular weight excluding hydrogens is 476 g/mol. The van der Waals surface area contributed by atoms with Crippen LogP contribution in [-0.4, -0.2) is 70.1 Å². The van der Waals surface area contributed by atoms with Crippen molar-refractivity contribution in [2.45, 2.75) is 12.7 Å². The number of hydrogen-bond acceptors (Lipinski definition) is 4. The minimum absolute atomic E-state index is 0. The van der Waals surface area contributed by atoms with Gasteiger partial charge in [0.05, 0.1) is 13.2 Å².